The summed E-state index contributed by atoms with van der Waals surface area (Å²) in [4.78, 5) is 15.1. The molecule has 0 radical (unpaired) electrons. The Bertz CT molecular complexity index is 1010. The molecular formula is C17H14N2O2S2. The summed E-state index contributed by atoms with van der Waals surface area (Å²) in [6, 6.07) is 12.2. The van der Waals surface area contributed by atoms with E-state index in [-0.39, 0.29) is 5.91 Å². The zero-order valence-electron chi connectivity index (χ0n) is 12.7. The fourth-order valence-corrected chi connectivity index (χ4v) is 5.12. The molecule has 4 nitrogen and oxygen atoms in total. The van der Waals surface area contributed by atoms with E-state index < -0.39 is 0 Å². The molecule has 23 heavy (non-hydrogen) atoms. The average molecular weight is 342 g/mol. The van der Waals surface area contributed by atoms with Crippen LogP contribution >= 0.6 is 22.7 Å². The maximum atomic E-state index is 12.6. The summed E-state index contributed by atoms with van der Waals surface area (Å²) in [7, 11) is 1.79. The Labute approximate surface area is 140 Å². The van der Waals surface area contributed by atoms with E-state index in [0.717, 1.165) is 16.3 Å². The number of carbonyl (C=O) groups excluding carboxylic acids is 1. The van der Waals surface area contributed by atoms with Crippen LogP contribution in [0.4, 0.5) is 0 Å². The van der Waals surface area contributed by atoms with Gasteiger partial charge in [-0.15, -0.1) is 22.7 Å². The summed E-state index contributed by atoms with van der Waals surface area (Å²) in [6.07, 6.45) is 0. The number of hydrogen-bond acceptors (Lipinski definition) is 5. The number of amides is 1. The molecule has 0 saturated heterocycles. The highest BCUT2D eigenvalue weighted by atomic mass is 32.1. The van der Waals surface area contributed by atoms with E-state index in [0.29, 0.717) is 6.54 Å². The van der Waals surface area contributed by atoms with Gasteiger partial charge in [0, 0.05) is 27.9 Å². The third-order valence-electron chi connectivity index (χ3n) is 3.68. The Kier molecular flexibility index (Phi) is 3.43. The molecule has 0 saturated carbocycles. The maximum Gasteiger partial charge on any atom is 0.264 e. The molecule has 3 heterocycles. The molecule has 0 unspecified atom stereocenters. The highest BCUT2D eigenvalue weighted by Gasteiger charge is 2.18. The van der Waals surface area contributed by atoms with Gasteiger partial charge in [-0.2, -0.15) is 0 Å². The molecule has 0 fully saturated rings. The number of thiophene rings is 2. The van der Waals surface area contributed by atoms with Crippen molar-refractivity contribution in [1.29, 1.82) is 0 Å². The fourth-order valence-electron chi connectivity index (χ4n) is 2.60. The summed E-state index contributed by atoms with van der Waals surface area (Å²) in [6.45, 7) is 2.29. The first-order valence-corrected chi connectivity index (χ1v) is 8.84. The highest BCUT2D eigenvalue weighted by molar-refractivity contribution is 7.33. The van der Waals surface area contributed by atoms with Crippen molar-refractivity contribution in [1.82, 2.24) is 10.1 Å². The summed E-state index contributed by atoms with van der Waals surface area (Å²) in [5.74, 6) is 0.770. The van der Waals surface area contributed by atoms with Crippen molar-refractivity contribution in [2.24, 2.45) is 0 Å². The molecule has 1 aromatic carbocycles. The first-order chi connectivity index (χ1) is 11.1. The second-order valence-electron chi connectivity index (χ2n) is 5.49. The van der Waals surface area contributed by atoms with Crippen LogP contribution in [0.25, 0.3) is 19.5 Å². The van der Waals surface area contributed by atoms with Gasteiger partial charge in [0.15, 0.2) is 0 Å². The standard InChI is InChI=1S/C17H14N2O2S2/c1-10-7-11(18-21-10)9-19(2)17(20)15-8-14-16(23-15)12-5-3-4-6-13(12)22-14/h3-8H,9H2,1-2H3. The van der Waals surface area contributed by atoms with Gasteiger partial charge in [-0.1, -0.05) is 23.4 Å². The molecule has 0 aliphatic carbocycles. The molecule has 1 amide bonds. The Morgan fingerprint density at radius 3 is 2.83 bits per heavy atom. The van der Waals surface area contributed by atoms with Crippen molar-refractivity contribution < 1.29 is 9.32 Å². The van der Waals surface area contributed by atoms with Crippen LogP contribution in [0.5, 0.6) is 0 Å². The lowest BCUT2D eigenvalue weighted by Gasteiger charge is -2.13. The first-order valence-electron chi connectivity index (χ1n) is 7.20. The van der Waals surface area contributed by atoms with Crippen molar-refractivity contribution in [3.05, 3.63) is 52.7 Å². The molecule has 0 spiro atoms. The van der Waals surface area contributed by atoms with Crippen molar-refractivity contribution in [3.8, 4) is 0 Å². The Hall–Kier alpha value is -2.18. The van der Waals surface area contributed by atoms with E-state index in [1.165, 1.54) is 19.5 Å². The van der Waals surface area contributed by atoms with Crippen LogP contribution in [0.1, 0.15) is 21.1 Å². The van der Waals surface area contributed by atoms with Crippen molar-refractivity contribution in [2.75, 3.05) is 7.05 Å². The fraction of sp³-hybridized carbons (Fsp3) is 0.176. The maximum absolute atomic E-state index is 12.6. The molecule has 0 aliphatic heterocycles. The van der Waals surface area contributed by atoms with Gasteiger partial charge in [0.25, 0.3) is 5.91 Å². The molecule has 0 atom stereocenters. The number of carbonyl (C=O) groups is 1. The lowest BCUT2D eigenvalue weighted by Crippen LogP contribution is -2.25. The van der Waals surface area contributed by atoms with Crippen LogP contribution < -0.4 is 0 Å². The zero-order valence-corrected chi connectivity index (χ0v) is 14.3. The van der Waals surface area contributed by atoms with E-state index in [4.69, 9.17) is 4.52 Å². The van der Waals surface area contributed by atoms with E-state index in [9.17, 15) is 4.79 Å². The number of benzene rings is 1. The minimum atomic E-state index is 0.0168. The van der Waals surface area contributed by atoms with Gasteiger partial charge in [-0.05, 0) is 19.1 Å². The van der Waals surface area contributed by atoms with Crippen LogP contribution in [0.2, 0.25) is 0 Å². The van der Waals surface area contributed by atoms with Crippen LogP contribution in [0.15, 0.2) is 40.9 Å². The molecule has 0 N–H and O–H groups in total. The average Bonchev–Trinajstić information content (AvgIpc) is 3.20. The van der Waals surface area contributed by atoms with Gasteiger partial charge < -0.3 is 9.42 Å². The minimum absolute atomic E-state index is 0.0168. The number of rotatable bonds is 3. The zero-order chi connectivity index (χ0) is 16.0. The Balaban J connectivity index is 1.63. The van der Waals surface area contributed by atoms with Gasteiger partial charge in [0.1, 0.15) is 11.5 Å². The second-order valence-corrected chi connectivity index (χ2v) is 7.63. The van der Waals surface area contributed by atoms with E-state index in [2.05, 4.69) is 17.3 Å². The summed E-state index contributed by atoms with van der Waals surface area (Å²) in [5.41, 5.74) is 0.766. The number of hydrogen-bond donors (Lipinski definition) is 0. The molecular weight excluding hydrogens is 328 g/mol. The predicted octanol–water partition coefficient (Wildman–Crippen LogP) is 4.68. The monoisotopic (exact) mass is 342 g/mol. The molecule has 116 valence electrons. The summed E-state index contributed by atoms with van der Waals surface area (Å²) >= 11 is 3.29. The predicted molar refractivity (Wildman–Crippen MR) is 94.2 cm³/mol. The second kappa shape index (κ2) is 5.47. The third kappa shape index (κ3) is 2.54. The number of aromatic nitrogens is 1. The number of fused-ring (bicyclic) bond motifs is 3. The van der Waals surface area contributed by atoms with Crippen molar-refractivity contribution >= 4 is 48.1 Å². The molecule has 6 heteroatoms. The topological polar surface area (TPSA) is 46.3 Å². The van der Waals surface area contributed by atoms with E-state index >= 15 is 0 Å². The lowest BCUT2D eigenvalue weighted by molar-refractivity contribution is 0.0787. The minimum Gasteiger partial charge on any atom is -0.361 e. The first kappa shape index (κ1) is 14.4. The normalized spacial score (nSPS) is 11.4. The quantitative estimate of drug-likeness (QED) is 0.543. The van der Waals surface area contributed by atoms with E-state index in [1.54, 1.807) is 34.6 Å². The molecule has 0 aliphatic rings. The van der Waals surface area contributed by atoms with Crippen LogP contribution in [-0.2, 0) is 6.54 Å². The van der Waals surface area contributed by atoms with Crippen LogP contribution in [-0.4, -0.2) is 23.0 Å². The smallest absolute Gasteiger partial charge is 0.264 e. The van der Waals surface area contributed by atoms with Crippen LogP contribution in [0.3, 0.4) is 0 Å². The van der Waals surface area contributed by atoms with Gasteiger partial charge in [0.2, 0.25) is 0 Å². The number of aryl methyl sites for hydroxylation is 1. The molecule has 3 aromatic heterocycles. The van der Waals surface area contributed by atoms with Crippen molar-refractivity contribution in [2.45, 2.75) is 13.5 Å². The molecule has 4 aromatic rings. The Morgan fingerprint density at radius 2 is 2.04 bits per heavy atom. The summed E-state index contributed by atoms with van der Waals surface area (Å²) in [5, 5.41) is 5.17. The Morgan fingerprint density at radius 1 is 1.22 bits per heavy atom. The SMILES string of the molecule is Cc1cc(CN(C)C(=O)c2cc3sc4ccccc4c3s2)no1. The highest BCUT2D eigenvalue weighted by Crippen LogP contribution is 2.39. The third-order valence-corrected chi connectivity index (χ3v) is 6.09. The molecule has 4 rings (SSSR count). The van der Waals surface area contributed by atoms with Crippen LogP contribution in [0, 0.1) is 6.92 Å². The summed E-state index contributed by atoms with van der Waals surface area (Å²) < 4.78 is 8.68. The van der Waals surface area contributed by atoms with Gasteiger partial charge >= 0.3 is 0 Å². The van der Waals surface area contributed by atoms with Gasteiger partial charge in [-0.25, -0.2) is 0 Å². The van der Waals surface area contributed by atoms with Crippen molar-refractivity contribution in [3.63, 3.8) is 0 Å². The van der Waals surface area contributed by atoms with E-state index in [1.807, 2.05) is 31.2 Å². The lowest BCUT2D eigenvalue weighted by atomic mass is 10.2. The number of nitrogens with zero attached hydrogens (tertiary/aromatic N) is 2. The van der Waals surface area contributed by atoms with Gasteiger partial charge in [-0.3, -0.25) is 4.79 Å². The molecule has 0 bridgehead atoms. The van der Waals surface area contributed by atoms with Gasteiger partial charge in [0.05, 0.1) is 16.1 Å². The largest absolute Gasteiger partial charge is 0.361 e.